The Hall–Kier alpha value is -0.760. The minimum atomic E-state index is 0.782. The highest BCUT2D eigenvalue weighted by Crippen LogP contribution is 2.10. The van der Waals surface area contributed by atoms with Gasteiger partial charge >= 0.3 is 0 Å². The number of hydrogen-bond donors (Lipinski definition) is 1. The molecule has 0 aliphatic rings. The van der Waals surface area contributed by atoms with E-state index >= 15 is 0 Å². The predicted octanol–water partition coefficient (Wildman–Crippen LogP) is 3.06. The van der Waals surface area contributed by atoms with Crippen molar-refractivity contribution in [1.82, 2.24) is 0 Å². The molecule has 0 unspecified atom stereocenters. The Morgan fingerprint density at radius 2 is 1.91 bits per heavy atom. The summed E-state index contributed by atoms with van der Waals surface area (Å²) >= 11 is 3.35. The summed E-state index contributed by atoms with van der Waals surface area (Å²) < 4.78 is 1.08. The molecular formula is C9H9BrO. The van der Waals surface area contributed by atoms with Crippen molar-refractivity contribution in [3.8, 4) is 0 Å². The third-order valence-corrected chi connectivity index (χ3v) is 1.90. The summed E-state index contributed by atoms with van der Waals surface area (Å²) in [6.07, 6.45) is 3.56. The van der Waals surface area contributed by atoms with Gasteiger partial charge in [-0.2, -0.15) is 0 Å². The van der Waals surface area contributed by atoms with Crippen LogP contribution in [0.3, 0.4) is 0 Å². The Morgan fingerprint density at radius 3 is 2.45 bits per heavy atom. The summed E-state index contributed by atoms with van der Waals surface area (Å²) in [6, 6.07) is 8.01. The third-order valence-electron chi connectivity index (χ3n) is 1.37. The fourth-order valence-corrected chi connectivity index (χ4v) is 1.07. The lowest BCUT2D eigenvalue weighted by Crippen LogP contribution is -1.78. The molecule has 0 saturated heterocycles. The van der Waals surface area contributed by atoms with E-state index in [1.807, 2.05) is 24.3 Å². The van der Waals surface area contributed by atoms with Crippen molar-refractivity contribution < 1.29 is 5.11 Å². The zero-order valence-corrected chi connectivity index (χ0v) is 7.58. The van der Waals surface area contributed by atoms with Gasteiger partial charge in [0.25, 0.3) is 0 Å². The molecule has 0 aliphatic carbocycles. The smallest absolute Gasteiger partial charge is 0.0755 e. The molecule has 0 radical (unpaired) electrons. The summed E-state index contributed by atoms with van der Waals surface area (Å²) in [7, 11) is 0. The quantitative estimate of drug-likeness (QED) is 0.748. The number of aliphatic hydroxyl groups excluding tert-OH is 1. The third kappa shape index (κ3) is 2.76. The van der Waals surface area contributed by atoms with Gasteiger partial charge in [0, 0.05) is 4.47 Å². The van der Waals surface area contributed by atoms with E-state index in [4.69, 9.17) is 5.11 Å². The zero-order chi connectivity index (χ0) is 8.10. The van der Waals surface area contributed by atoms with Gasteiger partial charge in [-0.05, 0) is 30.2 Å². The average Bonchev–Trinajstić information content (AvgIpc) is 2.04. The van der Waals surface area contributed by atoms with Crippen LogP contribution in [0.2, 0.25) is 0 Å². The lowest BCUT2D eigenvalue weighted by atomic mass is 10.2. The highest BCUT2D eigenvalue weighted by Gasteiger charge is 1.88. The molecule has 58 valence electrons. The Labute approximate surface area is 74.5 Å². The molecule has 0 saturated carbocycles. The maximum atomic E-state index is 8.39. The molecule has 2 heteroatoms. The average molecular weight is 213 g/mol. The number of halogens is 1. The van der Waals surface area contributed by atoms with Crippen molar-refractivity contribution in [3.05, 3.63) is 46.6 Å². The number of allylic oxidation sites excluding steroid dienone is 1. The van der Waals surface area contributed by atoms with Gasteiger partial charge in [0.2, 0.25) is 0 Å². The van der Waals surface area contributed by atoms with E-state index in [0.717, 1.165) is 17.2 Å². The van der Waals surface area contributed by atoms with Crippen LogP contribution in [0, 0.1) is 0 Å². The van der Waals surface area contributed by atoms with Gasteiger partial charge in [0.1, 0.15) is 0 Å². The summed E-state index contributed by atoms with van der Waals surface area (Å²) in [6.45, 7) is 0. The van der Waals surface area contributed by atoms with Crippen molar-refractivity contribution in [1.29, 1.82) is 0 Å². The largest absolute Gasteiger partial charge is 0.516 e. The highest BCUT2D eigenvalue weighted by molar-refractivity contribution is 9.10. The molecule has 0 amide bonds. The van der Waals surface area contributed by atoms with Crippen LogP contribution in [0.25, 0.3) is 0 Å². The molecule has 1 nitrogen and oxygen atoms in total. The fraction of sp³-hybridized carbons (Fsp3) is 0.111. The number of hydrogen-bond acceptors (Lipinski definition) is 1. The zero-order valence-electron chi connectivity index (χ0n) is 6.00. The van der Waals surface area contributed by atoms with Gasteiger partial charge in [0.15, 0.2) is 0 Å². The normalized spacial score (nSPS) is 10.6. The Bertz CT molecular complexity index is 238. The van der Waals surface area contributed by atoms with Crippen LogP contribution in [-0.4, -0.2) is 5.11 Å². The van der Waals surface area contributed by atoms with Crippen LogP contribution in [0.5, 0.6) is 0 Å². The molecule has 0 bridgehead atoms. The maximum absolute atomic E-state index is 8.39. The van der Waals surface area contributed by atoms with Gasteiger partial charge < -0.3 is 5.11 Å². The standard InChI is InChI=1S/C9H9BrO/c10-9-5-3-8(4-6-9)2-1-7-11/h1,3-7,11H,2H2/b7-1+. The van der Waals surface area contributed by atoms with Crippen LogP contribution in [-0.2, 0) is 6.42 Å². The van der Waals surface area contributed by atoms with E-state index < -0.39 is 0 Å². The molecule has 0 aromatic heterocycles. The van der Waals surface area contributed by atoms with Gasteiger partial charge in [-0.25, -0.2) is 0 Å². The first kappa shape index (κ1) is 8.34. The molecule has 1 aromatic carbocycles. The second-order valence-electron chi connectivity index (χ2n) is 2.22. The Morgan fingerprint density at radius 1 is 1.27 bits per heavy atom. The Balaban J connectivity index is 2.66. The second kappa shape index (κ2) is 4.19. The van der Waals surface area contributed by atoms with Crippen LogP contribution >= 0.6 is 15.9 Å². The highest BCUT2D eigenvalue weighted by atomic mass is 79.9. The van der Waals surface area contributed by atoms with E-state index in [0.29, 0.717) is 0 Å². The first-order valence-electron chi connectivity index (χ1n) is 3.36. The van der Waals surface area contributed by atoms with E-state index in [1.54, 1.807) is 6.08 Å². The molecule has 0 heterocycles. The topological polar surface area (TPSA) is 20.2 Å². The summed E-state index contributed by atoms with van der Waals surface area (Å²) in [5.74, 6) is 0. The molecule has 0 spiro atoms. The van der Waals surface area contributed by atoms with Crippen LogP contribution in [0.15, 0.2) is 41.1 Å². The van der Waals surface area contributed by atoms with E-state index in [2.05, 4.69) is 15.9 Å². The van der Waals surface area contributed by atoms with E-state index in [9.17, 15) is 0 Å². The van der Waals surface area contributed by atoms with Crippen LogP contribution in [0.4, 0.5) is 0 Å². The number of aliphatic hydroxyl groups is 1. The molecule has 0 aliphatic heterocycles. The van der Waals surface area contributed by atoms with Crippen molar-refractivity contribution in [2.45, 2.75) is 6.42 Å². The molecule has 0 atom stereocenters. The van der Waals surface area contributed by atoms with Crippen molar-refractivity contribution in [2.75, 3.05) is 0 Å². The minimum Gasteiger partial charge on any atom is -0.516 e. The van der Waals surface area contributed by atoms with Crippen molar-refractivity contribution in [3.63, 3.8) is 0 Å². The number of rotatable bonds is 2. The van der Waals surface area contributed by atoms with Crippen LogP contribution < -0.4 is 0 Å². The molecule has 1 N–H and O–H groups in total. The molecule has 0 fully saturated rings. The lowest BCUT2D eigenvalue weighted by molar-refractivity contribution is 0.471. The van der Waals surface area contributed by atoms with Gasteiger partial charge in [0.05, 0.1) is 6.26 Å². The summed E-state index contributed by atoms with van der Waals surface area (Å²) in [5.41, 5.74) is 1.19. The minimum absolute atomic E-state index is 0.782. The van der Waals surface area contributed by atoms with Crippen LogP contribution in [0.1, 0.15) is 5.56 Å². The van der Waals surface area contributed by atoms with E-state index in [-0.39, 0.29) is 0 Å². The molecule has 1 aromatic rings. The molecule has 11 heavy (non-hydrogen) atoms. The monoisotopic (exact) mass is 212 g/mol. The van der Waals surface area contributed by atoms with Crippen molar-refractivity contribution in [2.24, 2.45) is 0 Å². The van der Waals surface area contributed by atoms with Gasteiger partial charge in [-0.3, -0.25) is 0 Å². The molecular weight excluding hydrogens is 204 g/mol. The predicted molar refractivity (Wildman–Crippen MR) is 49.6 cm³/mol. The lowest BCUT2D eigenvalue weighted by Gasteiger charge is -1.94. The summed E-state index contributed by atoms with van der Waals surface area (Å²) in [5, 5.41) is 8.39. The fourth-order valence-electron chi connectivity index (χ4n) is 0.809. The second-order valence-corrected chi connectivity index (χ2v) is 3.13. The van der Waals surface area contributed by atoms with E-state index in [1.165, 1.54) is 5.56 Å². The van der Waals surface area contributed by atoms with Gasteiger partial charge in [-0.15, -0.1) is 0 Å². The maximum Gasteiger partial charge on any atom is 0.0755 e. The molecule has 1 rings (SSSR count). The summed E-state index contributed by atoms with van der Waals surface area (Å²) in [4.78, 5) is 0. The van der Waals surface area contributed by atoms with Gasteiger partial charge in [-0.1, -0.05) is 28.1 Å². The number of benzene rings is 1. The first-order valence-corrected chi connectivity index (χ1v) is 4.16. The SMILES string of the molecule is O/C=C/Cc1ccc(Br)cc1. The van der Waals surface area contributed by atoms with Crippen molar-refractivity contribution >= 4 is 15.9 Å². The Kier molecular flexibility index (Phi) is 3.17. The first-order chi connectivity index (χ1) is 5.33.